The van der Waals surface area contributed by atoms with Crippen LogP contribution in [0.1, 0.15) is 64.5 Å². The Balaban J connectivity index is 0.00000486. The highest BCUT2D eigenvalue weighted by molar-refractivity contribution is 5.85. The molecule has 2 N–H and O–H groups in total. The molecule has 1 unspecified atom stereocenters. The van der Waals surface area contributed by atoms with Gasteiger partial charge in [0.05, 0.1) is 42.7 Å². The van der Waals surface area contributed by atoms with Crippen molar-refractivity contribution in [2.75, 3.05) is 38.7 Å². The van der Waals surface area contributed by atoms with Gasteiger partial charge in [-0.1, -0.05) is 6.07 Å². The summed E-state index contributed by atoms with van der Waals surface area (Å²) in [6.07, 6.45) is 11.9. The highest BCUT2D eigenvalue weighted by Crippen LogP contribution is 2.41. The zero-order valence-electron chi connectivity index (χ0n) is 29.0. The van der Waals surface area contributed by atoms with Gasteiger partial charge in [-0.3, -0.25) is 4.68 Å². The van der Waals surface area contributed by atoms with Crippen molar-refractivity contribution >= 4 is 24.0 Å². The molecule has 16 heteroatoms. The van der Waals surface area contributed by atoms with Crippen LogP contribution in [0.25, 0.3) is 11.1 Å². The van der Waals surface area contributed by atoms with Crippen molar-refractivity contribution in [1.29, 1.82) is 5.26 Å². The first kappa shape index (κ1) is 36.9. The SMILES string of the molecule is COCCCOc1nn(C2CCC([C@@]3(C)CNC[C@@H](C)O3)CC2)cc1Nc1ncc(-c2ccc(C#N)c(OC(C)Cn3cnnn3)c2)cn1.Cl. The lowest BCUT2D eigenvalue weighted by Crippen LogP contribution is -2.55. The number of hydrogen-bond donors (Lipinski definition) is 2. The van der Waals surface area contributed by atoms with Crippen molar-refractivity contribution in [3.05, 3.63) is 48.7 Å². The smallest absolute Gasteiger partial charge is 0.256 e. The lowest BCUT2D eigenvalue weighted by atomic mass is 9.75. The number of nitrogens with zero attached hydrogens (tertiary/aromatic N) is 9. The first-order valence-corrected chi connectivity index (χ1v) is 16.9. The average molecular weight is 708 g/mol. The topological polar surface area (TPSA) is 172 Å². The van der Waals surface area contributed by atoms with Gasteiger partial charge >= 0.3 is 0 Å². The van der Waals surface area contributed by atoms with Crippen LogP contribution in [-0.2, 0) is 16.0 Å². The Morgan fingerprint density at radius 3 is 2.66 bits per heavy atom. The molecule has 0 bridgehead atoms. The van der Waals surface area contributed by atoms with Crippen LogP contribution in [0.4, 0.5) is 11.6 Å². The second-order valence-corrected chi connectivity index (χ2v) is 13.1. The Labute approximate surface area is 298 Å². The molecule has 0 radical (unpaired) electrons. The number of anilines is 2. The largest absolute Gasteiger partial charge is 0.487 e. The molecule has 268 valence electrons. The molecular formula is C34H46ClN11O4. The van der Waals surface area contributed by atoms with Crippen molar-refractivity contribution in [2.45, 2.75) is 83.3 Å². The number of nitrogens with one attached hydrogen (secondary N) is 2. The fourth-order valence-electron chi connectivity index (χ4n) is 6.72. The first-order chi connectivity index (χ1) is 23.8. The highest BCUT2D eigenvalue weighted by Gasteiger charge is 2.41. The van der Waals surface area contributed by atoms with Gasteiger partial charge in [0.25, 0.3) is 5.88 Å². The van der Waals surface area contributed by atoms with Gasteiger partial charge in [-0.25, -0.2) is 14.6 Å². The monoisotopic (exact) mass is 707 g/mol. The standard InChI is InChI=1S/C34H45N11O4.ClH/c1-23-16-36-21-34(3,49-23)28-8-10-29(11-9-28)45-20-30(32(41-45)47-13-5-12-46-4)40-33-37-17-27(18-38-33)25-6-7-26(15-35)31(14-25)48-24(2)19-44-22-39-42-43-44;/h6-7,14,17-18,20,22-24,28-29,36H,5,8-13,16,19,21H2,1-4H3,(H,37,38,40);1H/t23-,24?,28?,29?,34-;/m1./s1. The Kier molecular flexibility index (Phi) is 12.6. The second-order valence-electron chi connectivity index (χ2n) is 13.1. The number of aromatic nitrogens is 8. The molecule has 3 aromatic heterocycles. The summed E-state index contributed by atoms with van der Waals surface area (Å²) in [6, 6.07) is 7.87. The molecule has 6 rings (SSSR count). The third-order valence-electron chi connectivity index (χ3n) is 9.24. The van der Waals surface area contributed by atoms with E-state index in [1.54, 1.807) is 30.3 Å². The van der Waals surface area contributed by atoms with Crippen molar-refractivity contribution in [3.8, 4) is 28.8 Å². The summed E-state index contributed by atoms with van der Waals surface area (Å²) in [5.74, 6) is 1.89. The second kappa shape index (κ2) is 17.0. The number of methoxy groups -OCH3 is 1. The molecule has 1 saturated carbocycles. The van der Waals surface area contributed by atoms with E-state index in [0.717, 1.165) is 56.3 Å². The molecular weight excluding hydrogens is 662 g/mol. The number of rotatable bonds is 14. The summed E-state index contributed by atoms with van der Waals surface area (Å²) < 4.78 is 27.4. The average Bonchev–Trinajstić information content (AvgIpc) is 3.77. The minimum absolute atomic E-state index is 0. The van der Waals surface area contributed by atoms with E-state index in [9.17, 15) is 5.26 Å². The van der Waals surface area contributed by atoms with E-state index in [0.29, 0.717) is 54.5 Å². The summed E-state index contributed by atoms with van der Waals surface area (Å²) in [5, 5.41) is 32.6. The highest BCUT2D eigenvalue weighted by atomic mass is 35.5. The van der Waals surface area contributed by atoms with E-state index >= 15 is 0 Å². The van der Waals surface area contributed by atoms with Crippen molar-refractivity contribution in [2.24, 2.45) is 5.92 Å². The number of tetrazole rings is 1. The fraction of sp³-hybridized carbons (Fsp3) is 0.559. The van der Waals surface area contributed by atoms with Crippen molar-refractivity contribution in [3.63, 3.8) is 0 Å². The minimum atomic E-state index is -0.272. The summed E-state index contributed by atoms with van der Waals surface area (Å²) in [6.45, 7) is 9.60. The van der Waals surface area contributed by atoms with Crippen LogP contribution in [0.2, 0.25) is 0 Å². The summed E-state index contributed by atoms with van der Waals surface area (Å²) in [4.78, 5) is 9.19. The van der Waals surface area contributed by atoms with E-state index in [1.807, 2.05) is 29.9 Å². The number of morpholine rings is 1. The van der Waals surface area contributed by atoms with Gasteiger partial charge in [0.1, 0.15) is 29.9 Å². The molecule has 50 heavy (non-hydrogen) atoms. The fourth-order valence-corrected chi connectivity index (χ4v) is 6.72. The van der Waals surface area contributed by atoms with E-state index in [1.165, 1.54) is 6.33 Å². The molecule has 0 spiro atoms. The predicted molar refractivity (Wildman–Crippen MR) is 188 cm³/mol. The maximum absolute atomic E-state index is 9.67. The Morgan fingerprint density at radius 1 is 1.16 bits per heavy atom. The van der Waals surface area contributed by atoms with Gasteiger partial charge in [-0.15, -0.1) is 22.6 Å². The number of hydrogen-bond acceptors (Lipinski definition) is 13. The van der Waals surface area contributed by atoms with Gasteiger partial charge in [-0.2, -0.15) is 5.26 Å². The zero-order valence-corrected chi connectivity index (χ0v) is 29.8. The van der Waals surface area contributed by atoms with Crippen LogP contribution >= 0.6 is 12.4 Å². The van der Waals surface area contributed by atoms with Crippen LogP contribution in [0.5, 0.6) is 11.6 Å². The van der Waals surface area contributed by atoms with E-state index in [2.05, 4.69) is 56.0 Å². The van der Waals surface area contributed by atoms with Gasteiger partial charge < -0.3 is 29.6 Å². The maximum atomic E-state index is 9.67. The van der Waals surface area contributed by atoms with Crippen molar-refractivity contribution in [1.82, 2.24) is 45.3 Å². The van der Waals surface area contributed by atoms with Gasteiger partial charge in [0.15, 0.2) is 0 Å². The molecule has 15 nitrogen and oxygen atoms in total. The van der Waals surface area contributed by atoms with Gasteiger partial charge in [-0.05, 0) is 80.5 Å². The van der Waals surface area contributed by atoms with E-state index in [-0.39, 0.29) is 36.3 Å². The minimum Gasteiger partial charge on any atom is -0.487 e. The van der Waals surface area contributed by atoms with Crippen LogP contribution in [0.3, 0.4) is 0 Å². The number of ether oxygens (including phenoxy) is 4. The van der Waals surface area contributed by atoms with Crippen molar-refractivity contribution < 1.29 is 18.9 Å². The summed E-state index contributed by atoms with van der Waals surface area (Å²) >= 11 is 0. The summed E-state index contributed by atoms with van der Waals surface area (Å²) in [7, 11) is 1.68. The molecule has 1 saturated heterocycles. The molecule has 2 fully saturated rings. The molecule has 0 amide bonds. The molecule has 4 heterocycles. The summed E-state index contributed by atoms with van der Waals surface area (Å²) in [5.41, 5.74) is 2.59. The molecule has 4 aromatic rings. The lowest BCUT2D eigenvalue weighted by molar-refractivity contribution is -0.138. The van der Waals surface area contributed by atoms with E-state index < -0.39 is 0 Å². The number of benzene rings is 1. The van der Waals surface area contributed by atoms with Crippen LogP contribution in [0.15, 0.2) is 43.1 Å². The molecule has 2 aliphatic rings. The molecule has 1 aliphatic heterocycles. The number of nitriles is 1. The maximum Gasteiger partial charge on any atom is 0.256 e. The Hall–Kier alpha value is -4.36. The first-order valence-electron chi connectivity index (χ1n) is 16.9. The molecule has 3 atom stereocenters. The van der Waals surface area contributed by atoms with Gasteiger partial charge in [0.2, 0.25) is 5.95 Å². The third-order valence-corrected chi connectivity index (χ3v) is 9.24. The van der Waals surface area contributed by atoms with E-state index in [4.69, 9.17) is 24.0 Å². The Bertz CT molecular complexity index is 1690. The third kappa shape index (κ3) is 9.05. The van der Waals surface area contributed by atoms with Gasteiger partial charge in [0, 0.05) is 51.2 Å². The molecule has 1 aliphatic carbocycles. The predicted octanol–water partition coefficient (Wildman–Crippen LogP) is 4.74. The normalized spacial score (nSPS) is 22.6. The lowest BCUT2D eigenvalue weighted by Gasteiger charge is -2.46. The quantitative estimate of drug-likeness (QED) is 0.172. The van der Waals surface area contributed by atoms with Crippen LogP contribution in [-0.4, -0.2) is 91.2 Å². The molecule has 1 aromatic carbocycles. The number of halogens is 1. The van der Waals surface area contributed by atoms with Crippen LogP contribution in [0, 0.1) is 17.2 Å². The van der Waals surface area contributed by atoms with Crippen LogP contribution < -0.4 is 20.1 Å². The Morgan fingerprint density at radius 2 is 1.96 bits per heavy atom. The zero-order chi connectivity index (χ0) is 34.2.